The Kier molecular flexibility index (Phi) is 3.95. The van der Waals surface area contributed by atoms with Gasteiger partial charge in [0.25, 0.3) is 0 Å². The molecule has 0 heterocycles. The highest BCUT2D eigenvalue weighted by Gasteiger charge is 2.10. The van der Waals surface area contributed by atoms with E-state index in [0.717, 1.165) is 0 Å². The maximum atomic E-state index is 9.52. The van der Waals surface area contributed by atoms with E-state index in [1.165, 1.54) is 10.6 Å². The van der Waals surface area contributed by atoms with Gasteiger partial charge in [-0.3, -0.25) is 0 Å². The summed E-state index contributed by atoms with van der Waals surface area (Å²) in [4.78, 5) is 0. The standard InChI is InChI=1S/C15H15OP/c1-13(16)12-17(14-8-4-2-5-9-14)15-10-6-3-7-11-15/h2-12,16H,1H3. The summed E-state index contributed by atoms with van der Waals surface area (Å²) in [5.41, 5.74) is 0. The van der Waals surface area contributed by atoms with Gasteiger partial charge in [0.15, 0.2) is 0 Å². The molecule has 2 aromatic rings. The number of hydrogen-bond donors (Lipinski definition) is 1. The summed E-state index contributed by atoms with van der Waals surface area (Å²) < 4.78 is 0. The second kappa shape index (κ2) is 5.65. The van der Waals surface area contributed by atoms with Gasteiger partial charge in [0, 0.05) is 0 Å². The van der Waals surface area contributed by atoms with Crippen molar-refractivity contribution in [2.45, 2.75) is 6.92 Å². The van der Waals surface area contributed by atoms with Crippen molar-refractivity contribution in [3.8, 4) is 0 Å². The molecule has 1 nitrogen and oxygen atoms in total. The molecule has 17 heavy (non-hydrogen) atoms. The number of allylic oxidation sites excluding steroid dienone is 1. The number of aliphatic hydroxyl groups excluding tert-OH is 1. The highest BCUT2D eigenvalue weighted by atomic mass is 31.1. The first-order valence-corrected chi connectivity index (χ1v) is 6.95. The fourth-order valence-electron chi connectivity index (χ4n) is 1.66. The van der Waals surface area contributed by atoms with Crippen molar-refractivity contribution in [1.82, 2.24) is 0 Å². The van der Waals surface area contributed by atoms with Gasteiger partial charge < -0.3 is 5.11 Å². The molecule has 0 unspecified atom stereocenters. The SMILES string of the molecule is CC(O)=CP(c1ccccc1)c1ccccc1. The normalized spacial score (nSPS) is 11.8. The van der Waals surface area contributed by atoms with Crippen LogP contribution in [0, 0.1) is 0 Å². The average Bonchev–Trinajstić information content (AvgIpc) is 2.38. The van der Waals surface area contributed by atoms with Crippen molar-refractivity contribution in [3.05, 3.63) is 72.2 Å². The van der Waals surface area contributed by atoms with Crippen LogP contribution in [0.25, 0.3) is 0 Å². The molecule has 0 radical (unpaired) electrons. The van der Waals surface area contributed by atoms with E-state index < -0.39 is 7.92 Å². The first-order valence-electron chi connectivity index (χ1n) is 5.54. The summed E-state index contributed by atoms with van der Waals surface area (Å²) in [6.07, 6.45) is 0. The third kappa shape index (κ3) is 3.18. The van der Waals surface area contributed by atoms with Gasteiger partial charge in [0.05, 0.1) is 5.76 Å². The molecule has 2 heteroatoms. The largest absolute Gasteiger partial charge is 0.513 e. The molecule has 0 spiro atoms. The molecule has 0 bridgehead atoms. The van der Waals surface area contributed by atoms with E-state index in [1.54, 1.807) is 6.92 Å². The quantitative estimate of drug-likeness (QED) is 0.644. The Balaban J connectivity index is 2.43. The molecular formula is C15H15OP. The van der Waals surface area contributed by atoms with Crippen molar-refractivity contribution >= 4 is 18.5 Å². The Bertz CT molecular complexity index is 447. The van der Waals surface area contributed by atoms with E-state index in [-0.39, 0.29) is 0 Å². The molecule has 0 aliphatic rings. The highest BCUT2D eigenvalue weighted by Crippen LogP contribution is 2.35. The molecule has 0 amide bonds. The van der Waals surface area contributed by atoms with E-state index in [4.69, 9.17) is 0 Å². The molecule has 0 aliphatic heterocycles. The highest BCUT2D eigenvalue weighted by molar-refractivity contribution is 7.75. The second-order valence-corrected chi connectivity index (χ2v) is 5.84. The molecule has 0 fully saturated rings. The van der Waals surface area contributed by atoms with Gasteiger partial charge in [-0.25, -0.2) is 0 Å². The lowest BCUT2D eigenvalue weighted by Crippen LogP contribution is -2.09. The fraction of sp³-hybridized carbons (Fsp3) is 0.0667. The summed E-state index contributed by atoms with van der Waals surface area (Å²) in [6.45, 7) is 1.72. The van der Waals surface area contributed by atoms with Crippen LogP contribution in [0.15, 0.2) is 72.2 Å². The number of rotatable bonds is 3. The van der Waals surface area contributed by atoms with Crippen LogP contribution in [0.4, 0.5) is 0 Å². The van der Waals surface area contributed by atoms with Crippen LogP contribution in [-0.2, 0) is 0 Å². The van der Waals surface area contributed by atoms with E-state index in [1.807, 2.05) is 42.2 Å². The van der Waals surface area contributed by atoms with E-state index in [2.05, 4.69) is 24.3 Å². The van der Waals surface area contributed by atoms with Gasteiger partial charge in [-0.2, -0.15) is 0 Å². The van der Waals surface area contributed by atoms with Gasteiger partial charge in [-0.15, -0.1) is 0 Å². The summed E-state index contributed by atoms with van der Waals surface area (Å²) in [5.74, 6) is 2.32. The predicted molar refractivity (Wildman–Crippen MR) is 75.5 cm³/mol. The molecule has 1 N–H and O–H groups in total. The van der Waals surface area contributed by atoms with E-state index in [9.17, 15) is 5.11 Å². The Morgan fingerprint density at radius 3 is 1.65 bits per heavy atom. The van der Waals surface area contributed by atoms with Crippen LogP contribution in [0.5, 0.6) is 0 Å². The molecule has 0 aliphatic carbocycles. The second-order valence-electron chi connectivity index (χ2n) is 3.81. The molecule has 0 atom stereocenters. The molecule has 0 saturated carbocycles. The molecule has 0 saturated heterocycles. The fourth-order valence-corrected chi connectivity index (χ4v) is 3.62. The van der Waals surface area contributed by atoms with Gasteiger partial charge in [-0.05, 0) is 31.3 Å². The zero-order valence-corrected chi connectivity index (χ0v) is 10.6. The van der Waals surface area contributed by atoms with Crippen molar-refractivity contribution in [3.63, 3.8) is 0 Å². The van der Waals surface area contributed by atoms with Crippen LogP contribution in [-0.4, -0.2) is 5.11 Å². The topological polar surface area (TPSA) is 20.2 Å². The lowest BCUT2D eigenvalue weighted by Gasteiger charge is -2.14. The summed E-state index contributed by atoms with van der Waals surface area (Å²) >= 11 is 0. The minimum absolute atomic E-state index is 0.379. The maximum Gasteiger partial charge on any atom is 0.0902 e. The number of benzene rings is 2. The van der Waals surface area contributed by atoms with Crippen LogP contribution >= 0.6 is 7.92 Å². The molecular weight excluding hydrogens is 227 g/mol. The minimum atomic E-state index is -0.602. The van der Waals surface area contributed by atoms with Crippen molar-refractivity contribution in [2.24, 2.45) is 0 Å². The minimum Gasteiger partial charge on any atom is -0.513 e. The molecule has 86 valence electrons. The van der Waals surface area contributed by atoms with Crippen LogP contribution in [0.3, 0.4) is 0 Å². The lowest BCUT2D eigenvalue weighted by atomic mass is 10.4. The lowest BCUT2D eigenvalue weighted by molar-refractivity contribution is 0.416. The van der Waals surface area contributed by atoms with Crippen molar-refractivity contribution in [1.29, 1.82) is 0 Å². The number of hydrogen-bond acceptors (Lipinski definition) is 1. The van der Waals surface area contributed by atoms with Crippen LogP contribution < -0.4 is 10.6 Å². The first-order chi connectivity index (χ1) is 8.27. The summed E-state index contributed by atoms with van der Waals surface area (Å²) in [6, 6.07) is 20.6. The maximum absolute atomic E-state index is 9.52. The number of aliphatic hydroxyl groups is 1. The summed E-state index contributed by atoms with van der Waals surface area (Å²) in [5, 5.41) is 12.0. The Hall–Kier alpha value is -1.59. The zero-order chi connectivity index (χ0) is 12.1. The third-order valence-electron chi connectivity index (χ3n) is 2.38. The molecule has 2 aromatic carbocycles. The average molecular weight is 242 g/mol. The van der Waals surface area contributed by atoms with E-state index >= 15 is 0 Å². The smallest absolute Gasteiger partial charge is 0.0902 e. The Morgan fingerprint density at radius 1 is 0.882 bits per heavy atom. The molecule has 0 aromatic heterocycles. The monoisotopic (exact) mass is 242 g/mol. The first kappa shape index (κ1) is 11.9. The Labute approximate surface area is 103 Å². The van der Waals surface area contributed by atoms with Crippen LogP contribution in [0.1, 0.15) is 6.92 Å². The zero-order valence-electron chi connectivity index (χ0n) is 9.75. The van der Waals surface area contributed by atoms with Gasteiger partial charge in [0.1, 0.15) is 0 Å². The van der Waals surface area contributed by atoms with Crippen LogP contribution in [0.2, 0.25) is 0 Å². The van der Waals surface area contributed by atoms with Crippen molar-refractivity contribution in [2.75, 3.05) is 0 Å². The Morgan fingerprint density at radius 2 is 1.29 bits per heavy atom. The van der Waals surface area contributed by atoms with Gasteiger partial charge >= 0.3 is 0 Å². The summed E-state index contributed by atoms with van der Waals surface area (Å²) in [7, 11) is -0.602. The molecule has 2 rings (SSSR count). The van der Waals surface area contributed by atoms with Gasteiger partial charge in [0.2, 0.25) is 0 Å². The van der Waals surface area contributed by atoms with E-state index in [0.29, 0.717) is 5.76 Å². The van der Waals surface area contributed by atoms with Gasteiger partial charge in [-0.1, -0.05) is 60.7 Å². The third-order valence-corrected chi connectivity index (χ3v) is 4.73. The predicted octanol–water partition coefficient (Wildman–Crippen LogP) is 3.54. The van der Waals surface area contributed by atoms with Crippen molar-refractivity contribution < 1.29 is 5.11 Å².